The number of nitrogens with zero attached hydrogens (tertiary/aromatic N) is 1. The minimum atomic E-state index is 0.209. The number of hydrogen-bond donors (Lipinski definition) is 0. The van der Waals surface area contributed by atoms with Gasteiger partial charge in [-0.05, 0) is 55.0 Å². The summed E-state index contributed by atoms with van der Waals surface area (Å²) in [6, 6.07) is 14.1. The SMILES string of the molecule is Cc1c[n+](C)c(-c2c(C)ccc3c4c(oc23)Oc2ccccc2O4)cc1CC(C)(C)C. The fourth-order valence-electron chi connectivity index (χ4n) is 4.36. The fraction of sp³-hybridized carbons (Fsp3) is 0.296. The number of fused-ring (bicyclic) bond motifs is 4. The maximum Gasteiger partial charge on any atom is 0.336 e. The first kappa shape index (κ1) is 19.7. The minimum Gasteiger partial charge on any atom is -0.445 e. The normalized spacial score (nSPS) is 12.8. The molecule has 0 amide bonds. The van der Waals surface area contributed by atoms with Crippen LogP contribution in [0.2, 0.25) is 0 Å². The molecule has 0 aliphatic carbocycles. The zero-order valence-electron chi connectivity index (χ0n) is 19.0. The number of benzene rings is 2. The number of aryl methyl sites for hydroxylation is 3. The predicted molar refractivity (Wildman–Crippen MR) is 122 cm³/mol. The summed E-state index contributed by atoms with van der Waals surface area (Å²) in [7, 11) is 2.09. The summed E-state index contributed by atoms with van der Waals surface area (Å²) in [4.78, 5) is 0. The third kappa shape index (κ3) is 3.36. The van der Waals surface area contributed by atoms with Gasteiger partial charge in [-0.1, -0.05) is 39.0 Å². The van der Waals surface area contributed by atoms with Gasteiger partial charge < -0.3 is 13.9 Å². The van der Waals surface area contributed by atoms with Crippen LogP contribution in [0.3, 0.4) is 0 Å². The summed E-state index contributed by atoms with van der Waals surface area (Å²) in [5.41, 5.74) is 6.99. The molecule has 2 aromatic heterocycles. The zero-order chi connectivity index (χ0) is 21.9. The van der Waals surface area contributed by atoms with Gasteiger partial charge in [0.15, 0.2) is 23.3 Å². The summed E-state index contributed by atoms with van der Waals surface area (Å²) < 4.78 is 20.7. The smallest absolute Gasteiger partial charge is 0.336 e. The Kier molecular flexibility index (Phi) is 4.37. The van der Waals surface area contributed by atoms with Crippen LogP contribution < -0.4 is 14.0 Å². The Hall–Kier alpha value is -3.27. The van der Waals surface area contributed by atoms with E-state index in [-0.39, 0.29) is 5.41 Å². The van der Waals surface area contributed by atoms with Crippen LogP contribution >= 0.6 is 0 Å². The lowest BCUT2D eigenvalue weighted by molar-refractivity contribution is -0.660. The van der Waals surface area contributed by atoms with Crippen LogP contribution in [0, 0.1) is 19.3 Å². The molecule has 5 rings (SSSR count). The molecule has 3 heterocycles. The molecule has 31 heavy (non-hydrogen) atoms. The van der Waals surface area contributed by atoms with E-state index in [1.54, 1.807) is 0 Å². The van der Waals surface area contributed by atoms with Gasteiger partial charge in [0.25, 0.3) is 0 Å². The molecule has 4 heteroatoms. The van der Waals surface area contributed by atoms with Crippen LogP contribution in [0.5, 0.6) is 23.2 Å². The number of hydrogen-bond acceptors (Lipinski definition) is 3. The molecule has 0 spiro atoms. The third-order valence-corrected chi connectivity index (χ3v) is 5.82. The lowest BCUT2D eigenvalue weighted by Crippen LogP contribution is -2.32. The quantitative estimate of drug-likeness (QED) is 0.291. The van der Waals surface area contributed by atoms with Crippen molar-refractivity contribution < 1.29 is 18.5 Å². The van der Waals surface area contributed by atoms with Crippen molar-refractivity contribution in [2.24, 2.45) is 12.5 Å². The van der Waals surface area contributed by atoms with E-state index in [1.165, 1.54) is 11.1 Å². The largest absolute Gasteiger partial charge is 0.445 e. The Balaban J connectivity index is 1.71. The van der Waals surface area contributed by atoms with E-state index in [0.29, 0.717) is 23.2 Å². The van der Waals surface area contributed by atoms with Crippen molar-refractivity contribution in [3.8, 4) is 34.5 Å². The molecule has 1 aliphatic rings. The maximum atomic E-state index is 6.28. The third-order valence-electron chi connectivity index (χ3n) is 5.82. The lowest BCUT2D eigenvalue weighted by Gasteiger charge is -2.19. The second kappa shape index (κ2) is 6.88. The molecular formula is C27H28NO3+. The highest BCUT2D eigenvalue weighted by atomic mass is 16.6. The Bertz CT molecular complexity index is 1320. The van der Waals surface area contributed by atoms with Gasteiger partial charge in [0.1, 0.15) is 7.05 Å². The Labute approximate surface area is 183 Å². The highest BCUT2D eigenvalue weighted by Gasteiger charge is 2.30. The van der Waals surface area contributed by atoms with Crippen molar-refractivity contribution in [2.75, 3.05) is 0 Å². The molecule has 4 nitrogen and oxygen atoms in total. The van der Waals surface area contributed by atoms with E-state index in [9.17, 15) is 0 Å². The van der Waals surface area contributed by atoms with E-state index in [0.717, 1.165) is 34.2 Å². The first-order valence-electron chi connectivity index (χ1n) is 10.7. The average molecular weight is 415 g/mol. The number of aromatic nitrogens is 1. The van der Waals surface area contributed by atoms with E-state index in [4.69, 9.17) is 13.9 Å². The number of furan rings is 1. The van der Waals surface area contributed by atoms with E-state index in [2.05, 4.69) is 70.6 Å². The van der Waals surface area contributed by atoms with Crippen molar-refractivity contribution in [3.05, 3.63) is 65.4 Å². The van der Waals surface area contributed by atoms with E-state index in [1.807, 2.05) is 24.3 Å². The van der Waals surface area contributed by atoms with E-state index >= 15 is 0 Å². The highest BCUT2D eigenvalue weighted by molar-refractivity contribution is 5.98. The first-order chi connectivity index (χ1) is 14.7. The maximum absolute atomic E-state index is 6.28. The number of rotatable bonds is 2. The van der Waals surface area contributed by atoms with Crippen molar-refractivity contribution in [3.63, 3.8) is 0 Å². The number of pyridine rings is 1. The minimum absolute atomic E-state index is 0.209. The molecule has 0 bridgehead atoms. The molecule has 0 saturated heterocycles. The number of ether oxygens (including phenoxy) is 2. The van der Waals surface area contributed by atoms with Crippen molar-refractivity contribution in [1.29, 1.82) is 0 Å². The molecule has 0 fully saturated rings. The molecule has 0 atom stereocenters. The van der Waals surface area contributed by atoms with Gasteiger partial charge in [0, 0.05) is 11.6 Å². The van der Waals surface area contributed by atoms with Crippen LogP contribution in [0.1, 0.15) is 37.5 Å². The molecule has 0 unspecified atom stereocenters. The summed E-state index contributed by atoms with van der Waals surface area (Å²) in [5.74, 6) is 2.42. The van der Waals surface area contributed by atoms with Crippen molar-refractivity contribution in [2.45, 2.75) is 41.0 Å². The molecule has 158 valence electrons. The van der Waals surface area contributed by atoms with Gasteiger partial charge in [0.2, 0.25) is 11.4 Å². The van der Waals surface area contributed by atoms with Gasteiger partial charge in [-0.15, -0.1) is 0 Å². The monoisotopic (exact) mass is 414 g/mol. The zero-order valence-corrected chi connectivity index (χ0v) is 19.0. The topological polar surface area (TPSA) is 35.5 Å². The standard InChI is InChI=1S/C27H28NO3/c1-16-11-12-19-24(31-26-25(19)29-21-9-7-8-10-22(21)30-26)23(16)20-13-18(14-27(3,4)5)17(2)15-28(20)6/h7-13,15H,14H2,1-6H3/q+1. The highest BCUT2D eigenvalue weighted by Crippen LogP contribution is 2.52. The second-order valence-corrected chi connectivity index (χ2v) is 9.72. The van der Waals surface area contributed by atoms with Crippen molar-refractivity contribution in [1.82, 2.24) is 0 Å². The molecule has 4 aromatic rings. The average Bonchev–Trinajstić information content (AvgIpc) is 3.05. The molecule has 2 aromatic carbocycles. The van der Waals surface area contributed by atoms with Crippen molar-refractivity contribution >= 4 is 11.0 Å². The van der Waals surface area contributed by atoms with Crippen LogP contribution in [-0.2, 0) is 13.5 Å². The second-order valence-electron chi connectivity index (χ2n) is 9.72. The Morgan fingerprint density at radius 3 is 2.32 bits per heavy atom. The number of para-hydroxylation sites is 2. The fourth-order valence-corrected chi connectivity index (χ4v) is 4.36. The van der Waals surface area contributed by atoms with Gasteiger partial charge >= 0.3 is 5.95 Å². The molecule has 0 radical (unpaired) electrons. The lowest BCUT2D eigenvalue weighted by atomic mass is 9.86. The predicted octanol–water partition coefficient (Wildman–Crippen LogP) is 7.03. The first-order valence-corrected chi connectivity index (χ1v) is 10.7. The summed E-state index contributed by atoms with van der Waals surface area (Å²) in [6.45, 7) is 11.1. The molecule has 1 aliphatic heterocycles. The van der Waals surface area contributed by atoms with Crippen LogP contribution in [0.15, 0.2) is 53.1 Å². The molecule has 0 saturated carbocycles. The van der Waals surface area contributed by atoms with Crippen LogP contribution in [0.4, 0.5) is 0 Å². The van der Waals surface area contributed by atoms with Gasteiger partial charge in [-0.2, -0.15) is 0 Å². The van der Waals surface area contributed by atoms with Gasteiger partial charge in [-0.3, -0.25) is 0 Å². The van der Waals surface area contributed by atoms with Crippen LogP contribution in [-0.4, -0.2) is 0 Å². The van der Waals surface area contributed by atoms with E-state index < -0.39 is 0 Å². The summed E-state index contributed by atoms with van der Waals surface area (Å²) in [5, 5.41) is 0.919. The molecule has 0 N–H and O–H groups in total. The molecular weight excluding hydrogens is 386 g/mol. The summed E-state index contributed by atoms with van der Waals surface area (Å²) >= 11 is 0. The Morgan fingerprint density at radius 2 is 1.61 bits per heavy atom. The summed E-state index contributed by atoms with van der Waals surface area (Å²) in [6.07, 6.45) is 3.22. The van der Waals surface area contributed by atoms with Crippen LogP contribution in [0.25, 0.3) is 22.2 Å². The Morgan fingerprint density at radius 1 is 0.903 bits per heavy atom. The van der Waals surface area contributed by atoms with Gasteiger partial charge in [0.05, 0.1) is 10.9 Å². The van der Waals surface area contributed by atoms with Gasteiger partial charge in [-0.25, -0.2) is 4.57 Å².